The third-order valence-corrected chi connectivity index (χ3v) is 2.94. The van der Waals surface area contributed by atoms with E-state index in [1.54, 1.807) is 24.3 Å². The standard InChI is InChI=1S/C18H20O4/c1-14(2)20-13-17(15-9-5-3-6-10-15)22-18(19)21-16-11-7-4-8-12-16/h3-12,14,17H,13H2,1-2H3. The van der Waals surface area contributed by atoms with Gasteiger partial charge in [-0.05, 0) is 31.5 Å². The van der Waals surface area contributed by atoms with E-state index in [1.807, 2.05) is 50.2 Å². The first-order valence-electron chi connectivity index (χ1n) is 7.25. The van der Waals surface area contributed by atoms with E-state index in [4.69, 9.17) is 14.2 Å². The van der Waals surface area contributed by atoms with Gasteiger partial charge < -0.3 is 14.2 Å². The van der Waals surface area contributed by atoms with Crippen molar-refractivity contribution in [2.24, 2.45) is 0 Å². The molecule has 0 spiro atoms. The molecule has 0 fully saturated rings. The molecule has 0 radical (unpaired) electrons. The second-order valence-corrected chi connectivity index (χ2v) is 5.06. The maximum Gasteiger partial charge on any atom is 0.514 e. The minimum Gasteiger partial charge on any atom is -0.423 e. The van der Waals surface area contributed by atoms with Crippen LogP contribution in [0.1, 0.15) is 25.5 Å². The zero-order valence-electron chi connectivity index (χ0n) is 12.8. The molecule has 2 aromatic carbocycles. The lowest BCUT2D eigenvalue weighted by Crippen LogP contribution is -2.20. The molecule has 0 aliphatic heterocycles. The predicted octanol–water partition coefficient (Wildman–Crippen LogP) is 4.37. The van der Waals surface area contributed by atoms with Crippen molar-refractivity contribution < 1.29 is 19.0 Å². The number of hydrogen-bond acceptors (Lipinski definition) is 4. The van der Waals surface area contributed by atoms with Crippen molar-refractivity contribution in [2.45, 2.75) is 26.1 Å². The van der Waals surface area contributed by atoms with Crippen molar-refractivity contribution in [3.8, 4) is 5.75 Å². The lowest BCUT2D eigenvalue weighted by molar-refractivity contribution is -0.0187. The monoisotopic (exact) mass is 300 g/mol. The lowest BCUT2D eigenvalue weighted by Gasteiger charge is -2.19. The van der Waals surface area contributed by atoms with E-state index in [-0.39, 0.29) is 12.7 Å². The fourth-order valence-corrected chi connectivity index (χ4v) is 1.87. The topological polar surface area (TPSA) is 44.8 Å². The van der Waals surface area contributed by atoms with Gasteiger partial charge in [0.05, 0.1) is 12.7 Å². The number of rotatable bonds is 6. The van der Waals surface area contributed by atoms with E-state index in [0.29, 0.717) is 5.75 Å². The lowest BCUT2D eigenvalue weighted by atomic mass is 10.1. The van der Waals surface area contributed by atoms with Crippen LogP contribution in [0.5, 0.6) is 5.75 Å². The van der Waals surface area contributed by atoms with E-state index in [9.17, 15) is 4.79 Å². The van der Waals surface area contributed by atoms with E-state index in [2.05, 4.69) is 0 Å². The van der Waals surface area contributed by atoms with Gasteiger partial charge in [-0.25, -0.2) is 4.79 Å². The summed E-state index contributed by atoms with van der Waals surface area (Å²) in [7, 11) is 0. The number of ether oxygens (including phenoxy) is 3. The molecular weight excluding hydrogens is 280 g/mol. The highest BCUT2D eigenvalue weighted by Gasteiger charge is 2.19. The Morgan fingerprint density at radius 1 is 0.955 bits per heavy atom. The van der Waals surface area contributed by atoms with Gasteiger partial charge in [0.1, 0.15) is 5.75 Å². The Hall–Kier alpha value is -2.33. The van der Waals surface area contributed by atoms with Crippen molar-refractivity contribution in [2.75, 3.05) is 6.61 Å². The second-order valence-electron chi connectivity index (χ2n) is 5.06. The summed E-state index contributed by atoms with van der Waals surface area (Å²) in [4.78, 5) is 11.9. The molecule has 0 saturated carbocycles. The van der Waals surface area contributed by atoms with Gasteiger partial charge in [0, 0.05) is 0 Å². The van der Waals surface area contributed by atoms with Crippen LogP contribution >= 0.6 is 0 Å². The molecule has 0 N–H and O–H groups in total. The van der Waals surface area contributed by atoms with E-state index >= 15 is 0 Å². The molecule has 0 aliphatic carbocycles. The van der Waals surface area contributed by atoms with E-state index in [1.165, 1.54) is 0 Å². The molecule has 1 atom stereocenters. The molecule has 2 aromatic rings. The van der Waals surface area contributed by atoms with Gasteiger partial charge in [-0.1, -0.05) is 48.5 Å². The van der Waals surface area contributed by atoms with Crippen molar-refractivity contribution in [1.29, 1.82) is 0 Å². The molecule has 0 amide bonds. The smallest absolute Gasteiger partial charge is 0.423 e. The van der Waals surface area contributed by atoms with Crippen molar-refractivity contribution in [3.05, 3.63) is 66.2 Å². The SMILES string of the molecule is CC(C)OCC(OC(=O)Oc1ccccc1)c1ccccc1. The van der Waals surface area contributed by atoms with Crippen LogP contribution in [0, 0.1) is 0 Å². The average Bonchev–Trinajstić information content (AvgIpc) is 2.53. The van der Waals surface area contributed by atoms with Gasteiger partial charge in [-0.3, -0.25) is 0 Å². The Kier molecular flexibility index (Phi) is 5.98. The minimum atomic E-state index is -0.743. The summed E-state index contributed by atoms with van der Waals surface area (Å²) in [6.45, 7) is 4.15. The zero-order chi connectivity index (χ0) is 15.8. The van der Waals surface area contributed by atoms with E-state index in [0.717, 1.165) is 5.56 Å². The largest absolute Gasteiger partial charge is 0.514 e. The molecule has 2 rings (SSSR count). The first-order valence-corrected chi connectivity index (χ1v) is 7.25. The molecule has 0 aliphatic rings. The molecule has 0 saturated heterocycles. The van der Waals surface area contributed by atoms with Crippen LogP contribution in [0.3, 0.4) is 0 Å². The van der Waals surface area contributed by atoms with Crippen LogP contribution in [-0.4, -0.2) is 18.9 Å². The maximum absolute atomic E-state index is 11.9. The quantitative estimate of drug-likeness (QED) is 0.587. The minimum absolute atomic E-state index is 0.0555. The summed E-state index contributed by atoms with van der Waals surface area (Å²) < 4.78 is 16.1. The number of carbonyl (C=O) groups is 1. The first kappa shape index (κ1) is 16.0. The summed E-state index contributed by atoms with van der Waals surface area (Å²) in [6.07, 6.45) is -1.19. The van der Waals surface area contributed by atoms with Crippen LogP contribution < -0.4 is 4.74 Å². The molecule has 116 valence electrons. The molecule has 4 heteroatoms. The molecule has 22 heavy (non-hydrogen) atoms. The first-order chi connectivity index (χ1) is 10.6. The molecular formula is C18H20O4. The van der Waals surface area contributed by atoms with Crippen LogP contribution in [-0.2, 0) is 9.47 Å². The van der Waals surface area contributed by atoms with Gasteiger partial charge in [-0.15, -0.1) is 0 Å². The third-order valence-electron chi connectivity index (χ3n) is 2.94. The van der Waals surface area contributed by atoms with Crippen molar-refractivity contribution >= 4 is 6.16 Å². The summed E-state index contributed by atoms with van der Waals surface area (Å²) in [5.74, 6) is 0.448. The van der Waals surface area contributed by atoms with Crippen LogP contribution in [0.2, 0.25) is 0 Å². The molecule has 0 aromatic heterocycles. The fourth-order valence-electron chi connectivity index (χ4n) is 1.87. The molecule has 0 heterocycles. The van der Waals surface area contributed by atoms with Crippen LogP contribution in [0.15, 0.2) is 60.7 Å². The van der Waals surface area contributed by atoms with Gasteiger partial charge in [-0.2, -0.15) is 0 Å². The second kappa shape index (κ2) is 8.20. The van der Waals surface area contributed by atoms with Gasteiger partial charge in [0.25, 0.3) is 0 Å². The maximum atomic E-state index is 11.9. The Labute approximate surface area is 130 Å². The van der Waals surface area contributed by atoms with Crippen LogP contribution in [0.25, 0.3) is 0 Å². The number of carbonyl (C=O) groups excluding carboxylic acids is 1. The predicted molar refractivity (Wildman–Crippen MR) is 83.8 cm³/mol. The normalized spacial score (nSPS) is 12.0. The number of hydrogen-bond donors (Lipinski definition) is 0. The van der Waals surface area contributed by atoms with Crippen LogP contribution in [0.4, 0.5) is 4.79 Å². The fraction of sp³-hybridized carbons (Fsp3) is 0.278. The number of benzene rings is 2. The number of para-hydroxylation sites is 1. The highest BCUT2D eigenvalue weighted by atomic mass is 16.7. The summed E-state index contributed by atoms with van der Waals surface area (Å²) in [6, 6.07) is 18.3. The summed E-state index contributed by atoms with van der Waals surface area (Å²) in [5.41, 5.74) is 0.869. The van der Waals surface area contributed by atoms with Gasteiger partial charge >= 0.3 is 6.16 Å². The summed E-state index contributed by atoms with van der Waals surface area (Å²) >= 11 is 0. The Bertz CT molecular complexity index is 566. The Balaban J connectivity index is 2.01. The molecule has 1 unspecified atom stereocenters. The third kappa shape index (κ3) is 5.22. The highest BCUT2D eigenvalue weighted by Crippen LogP contribution is 2.20. The van der Waals surface area contributed by atoms with Gasteiger partial charge in [0.15, 0.2) is 6.10 Å². The van der Waals surface area contributed by atoms with E-state index < -0.39 is 12.3 Å². The molecule has 4 nitrogen and oxygen atoms in total. The highest BCUT2D eigenvalue weighted by molar-refractivity contribution is 5.64. The Morgan fingerprint density at radius 2 is 1.55 bits per heavy atom. The van der Waals surface area contributed by atoms with Gasteiger partial charge in [0.2, 0.25) is 0 Å². The van der Waals surface area contributed by atoms with Crippen molar-refractivity contribution in [3.63, 3.8) is 0 Å². The Morgan fingerprint density at radius 3 is 2.14 bits per heavy atom. The molecule has 0 bridgehead atoms. The summed E-state index contributed by atoms with van der Waals surface area (Å²) in [5, 5.41) is 0. The zero-order valence-corrected chi connectivity index (χ0v) is 12.8. The van der Waals surface area contributed by atoms with Crippen molar-refractivity contribution in [1.82, 2.24) is 0 Å². The average molecular weight is 300 g/mol.